The molecule has 33 heavy (non-hydrogen) atoms. The number of rotatable bonds is 6. The van der Waals surface area contributed by atoms with Crippen molar-refractivity contribution in [2.75, 3.05) is 20.2 Å². The topological polar surface area (TPSA) is 148 Å². The van der Waals surface area contributed by atoms with Crippen molar-refractivity contribution < 1.29 is 27.7 Å². The van der Waals surface area contributed by atoms with Crippen molar-refractivity contribution in [1.29, 1.82) is 0 Å². The maximum absolute atomic E-state index is 13.2. The van der Waals surface area contributed by atoms with Gasteiger partial charge in [0.2, 0.25) is 10.0 Å². The number of nitrogens with zero attached hydrogens (tertiary/aromatic N) is 2. The van der Waals surface area contributed by atoms with Gasteiger partial charge in [-0.05, 0) is 37.1 Å². The Kier molecular flexibility index (Phi) is 7.61. The quantitative estimate of drug-likeness (QED) is 0.480. The molecule has 0 unspecified atom stereocenters. The SMILES string of the molecule is COc1ccc(C(=O)NNC(=O)c2cccc([N+](=O)[O-])c2)cc1S(=O)(=O)N1CCCCCC1. The number of nitro benzene ring substituents is 1. The Morgan fingerprint density at radius 1 is 0.970 bits per heavy atom. The number of hydrogen-bond acceptors (Lipinski definition) is 7. The Balaban J connectivity index is 1.78. The summed E-state index contributed by atoms with van der Waals surface area (Å²) in [6, 6.07) is 8.96. The molecule has 0 aromatic heterocycles. The molecule has 176 valence electrons. The molecule has 2 amide bonds. The largest absolute Gasteiger partial charge is 0.495 e. The number of sulfonamides is 1. The van der Waals surface area contributed by atoms with E-state index in [0.717, 1.165) is 31.7 Å². The van der Waals surface area contributed by atoms with Gasteiger partial charge in [0.15, 0.2) is 0 Å². The van der Waals surface area contributed by atoms with Gasteiger partial charge in [-0.1, -0.05) is 18.9 Å². The van der Waals surface area contributed by atoms with E-state index in [4.69, 9.17) is 4.74 Å². The number of methoxy groups -OCH3 is 1. The smallest absolute Gasteiger partial charge is 0.270 e. The maximum Gasteiger partial charge on any atom is 0.270 e. The van der Waals surface area contributed by atoms with E-state index in [0.29, 0.717) is 13.1 Å². The number of non-ortho nitro benzene ring substituents is 1. The molecular formula is C21H24N4O7S. The molecule has 1 fully saturated rings. The van der Waals surface area contributed by atoms with Crippen LogP contribution in [0.1, 0.15) is 46.4 Å². The Labute approximate surface area is 190 Å². The summed E-state index contributed by atoms with van der Waals surface area (Å²) in [5, 5.41) is 10.9. The van der Waals surface area contributed by atoms with Crippen LogP contribution in [0.5, 0.6) is 5.75 Å². The van der Waals surface area contributed by atoms with Crippen LogP contribution in [-0.4, -0.2) is 49.7 Å². The van der Waals surface area contributed by atoms with E-state index >= 15 is 0 Å². The molecule has 0 bridgehead atoms. The fourth-order valence-corrected chi connectivity index (χ4v) is 5.16. The first-order valence-corrected chi connectivity index (χ1v) is 11.7. The Morgan fingerprint density at radius 2 is 1.58 bits per heavy atom. The average Bonchev–Trinajstić information content (AvgIpc) is 3.12. The van der Waals surface area contributed by atoms with Gasteiger partial charge in [0.1, 0.15) is 10.6 Å². The molecular weight excluding hydrogens is 452 g/mol. The number of amides is 2. The maximum atomic E-state index is 13.2. The van der Waals surface area contributed by atoms with Gasteiger partial charge in [0.05, 0.1) is 12.0 Å². The van der Waals surface area contributed by atoms with Gasteiger partial charge in [-0.2, -0.15) is 4.31 Å². The molecule has 1 saturated heterocycles. The highest BCUT2D eigenvalue weighted by Crippen LogP contribution is 2.29. The zero-order valence-corrected chi connectivity index (χ0v) is 18.8. The highest BCUT2D eigenvalue weighted by atomic mass is 32.2. The van der Waals surface area contributed by atoms with Crippen LogP contribution in [0, 0.1) is 10.1 Å². The molecule has 0 atom stereocenters. The number of ether oxygens (including phenoxy) is 1. The van der Waals surface area contributed by atoms with Gasteiger partial charge in [0.25, 0.3) is 17.5 Å². The molecule has 2 N–H and O–H groups in total. The lowest BCUT2D eigenvalue weighted by molar-refractivity contribution is -0.384. The molecule has 1 aliphatic rings. The molecule has 1 aliphatic heterocycles. The summed E-state index contributed by atoms with van der Waals surface area (Å²) in [5.74, 6) is -1.42. The first-order valence-electron chi connectivity index (χ1n) is 10.3. The van der Waals surface area contributed by atoms with E-state index in [1.54, 1.807) is 0 Å². The number of hydrogen-bond donors (Lipinski definition) is 2. The van der Waals surface area contributed by atoms with Gasteiger partial charge in [-0.25, -0.2) is 8.42 Å². The van der Waals surface area contributed by atoms with Crippen LogP contribution in [0.3, 0.4) is 0 Å². The van der Waals surface area contributed by atoms with Crippen LogP contribution in [0.2, 0.25) is 0 Å². The van der Waals surface area contributed by atoms with Gasteiger partial charge in [0, 0.05) is 36.3 Å². The number of nitro groups is 1. The molecule has 1 heterocycles. The average molecular weight is 477 g/mol. The Morgan fingerprint density at radius 3 is 2.15 bits per heavy atom. The lowest BCUT2D eigenvalue weighted by Crippen LogP contribution is -2.41. The molecule has 2 aromatic carbocycles. The molecule has 0 radical (unpaired) electrons. The van der Waals surface area contributed by atoms with Gasteiger partial charge < -0.3 is 4.74 Å². The van der Waals surface area contributed by atoms with Crippen molar-refractivity contribution in [3.63, 3.8) is 0 Å². The minimum absolute atomic E-state index is 0.0106. The van der Waals surface area contributed by atoms with Crippen LogP contribution in [0.4, 0.5) is 5.69 Å². The van der Waals surface area contributed by atoms with E-state index in [2.05, 4.69) is 10.9 Å². The van der Waals surface area contributed by atoms with Crippen molar-refractivity contribution in [2.45, 2.75) is 30.6 Å². The summed E-state index contributed by atoms with van der Waals surface area (Å²) >= 11 is 0. The van der Waals surface area contributed by atoms with E-state index in [9.17, 15) is 28.1 Å². The molecule has 12 heteroatoms. The molecule has 0 aliphatic carbocycles. The zero-order valence-electron chi connectivity index (χ0n) is 17.9. The third-order valence-corrected chi connectivity index (χ3v) is 7.14. The minimum atomic E-state index is -3.89. The summed E-state index contributed by atoms with van der Waals surface area (Å²) in [6.07, 6.45) is 3.42. The standard InChI is InChI=1S/C21H24N4O7S/c1-32-18-10-9-16(14-19(18)33(30,31)24-11-4-2-3-5-12-24)21(27)23-22-20(26)15-7-6-8-17(13-15)25(28)29/h6-10,13-14H,2-5,11-12H2,1H3,(H,22,26)(H,23,27). The molecule has 11 nitrogen and oxygen atoms in total. The van der Waals surface area contributed by atoms with Gasteiger partial charge in [-0.15, -0.1) is 0 Å². The third kappa shape index (κ3) is 5.65. The van der Waals surface area contributed by atoms with E-state index in [-0.39, 0.29) is 27.5 Å². The van der Waals surface area contributed by atoms with Crippen molar-refractivity contribution in [3.05, 3.63) is 63.7 Å². The number of hydrazine groups is 1. The van der Waals surface area contributed by atoms with E-state index in [1.807, 2.05) is 0 Å². The van der Waals surface area contributed by atoms with E-state index in [1.165, 1.54) is 47.8 Å². The Hall–Kier alpha value is -3.51. The van der Waals surface area contributed by atoms with Gasteiger partial charge >= 0.3 is 0 Å². The van der Waals surface area contributed by atoms with Crippen LogP contribution in [-0.2, 0) is 10.0 Å². The number of nitrogens with one attached hydrogen (secondary N) is 2. The second-order valence-corrected chi connectivity index (χ2v) is 9.31. The van der Waals surface area contributed by atoms with Crippen molar-refractivity contribution in [2.24, 2.45) is 0 Å². The number of carbonyl (C=O) groups excluding carboxylic acids is 2. The molecule has 3 rings (SSSR count). The van der Waals surface area contributed by atoms with Gasteiger partial charge in [-0.3, -0.25) is 30.6 Å². The van der Waals surface area contributed by atoms with Crippen LogP contribution < -0.4 is 15.6 Å². The monoisotopic (exact) mass is 476 g/mol. The molecule has 0 saturated carbocycles. The highest BCUT2D eigenvalue weighted by Gasteiger charge is 2.29. The van der Waals surface area contributed by atoms with Crippen LogP contribution in [0.15, 0.2) is 47.4 Å². The van der Waals surface area contributed by atoms with Crippen LogP contribution in [0.25, 0.3) is 0 Å². The third-order valence-electron chi connectivity index (χ3n) is 5.22. The predicted octanol–water partition coefficient (Wildman–Crippen LogP) is 2.24. The first-order chi connectivity index (χ1) is 15.7. The normalized spacial score (nSPS) is 14.7. The summed E-state index contributed by atoms with van der Waals surface area (Å²) in [5.41, 5.74) is 4.06. The van der Waals surface area contributed by atoms with Crippen molar-refractivity contribution in [1.82, 2.24) is 15.2 Å². The lowest BCUT2D eigenvalue weighted by atomic mass is 10.2. The van der Waals surface area contributed by atoms with E-state index < -0.39 is 26.8 Å². The van der Waals surface area contributed by atoms with Crippen molar-refractivity contribution >= 4 is 27.5 Å². The minimum Gasteiger partial charge on any atom is -0.495 e. The second-order valence-electron chi connectivity index (χ2n) is 7.40. The summed E-state index contributed by atoms with van der Waals surface area (Å²) in [4.78, 5) is 34.9. The summed E-state index contributed by atoms with van der Waals surface area (Å²) in [7, 11) is -2.55. The summed E-state index contributed by atoms with van der Waals surface area (Å²) < 4.78 is 33.0. The number of benzene rings is 2. The second kappa shape index (κ2) is 10.4. The van der Waals surface area contributed by atoms with Crippen molar-refractivity contribution in [3.8, 4) is 5.75 Å². The lowest BCUT2D eigenvalue weighted by Gasteiger charge is -2.21. The Bertz CT molecular complexity index is 1160. The fraction of sp³-hybridized carbons (Fsp3) is 0.333. The number of carbonyl (C=O) groups is 2. The first kappa shape index (κ1) is 24.1. The molecule has 0 spiro atoms. The fourth-order valence-electron chi connectivity index (χ4n) is 3.46. The highest BCUT2D eigenvalue weighted by molar-refractivity contribution is 7.89. The van der Waals surface area contributed by atoms with Crippen LogP contribution >= 0.6 is 0 Å². The zero-order chi connectivity index (χ0) is 24.0. The summed E-state index contributed by atoms with van der Waals surface area (Å²) in [6.45, 7) is 0.780. The predicted molar refractivity (Wildman–Crippen MR) is 118 cm³/mol. The molecule has 2 aromatic rings.